The van der Waals surface area contributed by atoms with Crippen molar-refractivity contribution in [2.75, 3.05) is 4.90 Å². The van der Waals surface area contributed by atoms with Gasteiger partial charge in [0.1, 0.15) is 0 Å². The number of anilines is 3. The molecule has 2 bridgehead atoms. The highest BCUT2D eigenvalue weighted by atomic mass is 15.1. The van der Waals surface area contributed by atoms with Gasteiger partial charge in [0.25, 0.3) is 0 Å². The van der Waals surface area contributed by atoms with E-state index in [1.165, 1.54) is 124 Å². The maximum absolute atomic E-state index is 2.51. The third-order valence-electron chi connectivity index (χ3n) is 13.5. The van der Waals surface area contributed by atoms with Gasteiger partial charge < -0.3 is 9.47 Å². The Kier molecular flexibility index (Phi) is 6.71. The second kappa shape index (κ2) is 11.1. The van der Waals surface area contributed by atoms with Crippen LogP contribution in [0, 0.1) is 11.8 Å². The first kappa shape index (κ1) is 29.6. The fourth-order valence-electron chi connectivity index (χ4n) is 10.8. The second-order valence-corrected chi connectivity index (χ2v) is 16.5. The molecule has 3 fully saturated rings. The van der Waals surface area contributed by atoms with Gasteiger partial charge in [-0.1, -0.05) is 88.1 Å². The first-order valence-electron chi connectivity index (χ1n) is 19.1. The van der Waals surface area contributed by atoms with Crippen molar-refractivity contribution < 1.29 is 0 Å². The minimum absolute atomic E-state index is 0.103. The lowest BCUT2D eigenvalue weighted by molar-refractivity contribution is 0.420. The van der Waals surface area contributed by atoms with Gasteiger partial charge in [-0.15, -0.1) is 0 Å². The molecule has 2 nitrogen and oxygen atoms in total. The zero-order valence-corrected chi connectivity index (χ0v) is 29.4. The van der Waals surface area contributed by atoms with Crippen molar-refractivity contribution in [2.24, 2.45) is 18.9 Å². The standard InChI is InChI=1S/C47H48N2/c1-47(2)43-27-37(23-24-38(43)41-29-46-42(28-44(41)47)39-11-7-8-12-45(39)48(46)3)49(35-19-15-32(16-20-35)31-9-5-4-6-10-31)36-21-17-33(18-22-36)40-26-30-13-14-34(40)25-30/h7-8,11-12,15-24,27-31,34,40H,4-6,9-10,13-14,25-26H2,1-3H3. The zero-order valence-electron chi connectivity index (χ0n) is 29.4. The molecule has 1 aromatic heterocycles. The van der Waals surface area contributed by atoms with Crippen LogP contribution < -0.4 is 4.90 Å². The molecule has 3 saturated carbocycles. The highest BCUT2D eigenvalue weighted by Gasteiger charge is 2.40. The molecular formula is C47H48N2. The van der Waals surface area contributed by atoms with Crippen molar-refractivity contribution in [3.63, 3.8) is 0 Å². The molecule has 5 aromatic carbocycles. The fourth-order valence-corrected chi connectivity index (χ4v) is 10.8. The molecular weight excluding hydrogens is 593 g/mol. The molecule has 49 heavy (non-hydrogen) atoms. The zero-order chi connectivity index (χ0) is 32.9. The Morgan fingerprint density at radius 2 is 1.29 bits per heavy atom. The third-order valence-corrected chi connectivity index (χ3v) is 13.5. The van der Waals surface area contributed by atoms with E-state index in [4.69, 9.17) is 0 Å². The summed E-state index contributed by atoms with van der Waals surface area (Å²) in [6, 6.07) is 40.4. The summed E-state index contributed by atoms with van der Waals surface area (Å²) in [7, 11) is 2.21. The highest BCUT2D eigenvalue weighted by Crippen LogP contribution is 2.54. The Balaban J connectivity index is 1.07. The van der Waals surface area contributed by atoms with Crippen molar-refractivity contribution in [1.29, 1.82) is 0 Å². The molecule has 4 aliphatic carbocycles. The maximum atomic E-state index is 2.51. The van der Waals surface area contributed by atoms with E-state index < -0.39 is 0 Å². The molecule has 246 valence electrons. The van der Waals surface area contributed by atoms with Gasteiger partial charge in [-0.2, -0.15) is 0 Å². The Morgan fingerprint density at radius 1 is 0.592 bits per heavy atom. The van der Waals surface area contributed by atoms with E-state index in [1.807, 2.05) is 0 Å². The summed E-state index contributed by atoms with van der Waals surface area (Å²) in [5, 5.41) is 2.69. The second-order valence-electron chi connectivity index (χ2n) is 16.5. The summed E-state index contributed by atoms with van der Waals surface area (Å²) >= 11 is 0. The number of hydrogen-bond donors (Lipinski definition) is 0. The van der Waals surface area contributed by atoms with E-state index in [-0.39, 0.29) is 5.41 Å². The van der Waals surface area contributed by atoms with E-state index in [0.29, 0.717) is 5.92 Å². The molecule has 10 rings (SSSR count). The third kappa shape index (κ3) is 4.59. The van der Waals surface area contributed by atoms with E-state index in [9.17, 15) is 0 Å². The molecule has 4 aliphatic rings. The van der Waals surface area contributed by atoms with E-state index in [2.05, 4.69) is 133 Å². The van der Waals surface area contributed by atoms with Crippen LogP contribution in [-0.2, 0) is 12.5 Å². The molecule has 0 aliphatic heterocycles. The monoisotopic (exact) mass is 640 g/mol. The Morgan fingerprint density at radius 3 is 2.00 bits per heavy atom. The largest absolute Gasteiger partial charge is 0.344 e. The van der Waals surface area contributed by atoms with Crippen molar-refractivity contribution in [3.8, 4) is 11.1 Å². The average molecular weight is 641 g/mol. The molecule has 0 saturated heterocycles. The van der Waals surface area contributed by atoms with E-state index in [1.54, 1.807) is 5.56 Å². The molecule has 0 spiro atoms. The lowest BCUT2D eigenvalue weighted by atomic mass is 9.81. The molecule has 6 aromatic rings. The fraction of sp³-hybridized carbons (Fsp3) is 0.362. The van der Waals surface area contributed by atoms with E-state index >= 15 is 0 Å². The van der Waals surface area contributed by atoms with Crippen LogP contribution in [0.5, 0.6) is 0 Å². The molecule has 1 heterocycles. The number of para-hydroxylation sites is 1. The number of aromatic nitrogens is 1. The molecule has 0 amide bonds. The lowest BCUT2D eigenvalue weighted by Gasteiger charge is -2.29. The maximum Gasteiger partial charge on any atom is 0.0495 e. The van der Waals surface area contributed by atoms with Gasteiger partial charge in [-0.05, 0) is 144 Å². The summed E-state index contributed by atoms with van der Waals surface area (Å²) in [5.41, 5.74) is 14.9. The van der Waals surface area contributed by atoms with Crippen LogP contribution in [0.1, 0.15) is 106 Å². The van der Waals surface area contributed by atoms with Crippen LogP contribution >= 0.6 is 0 Å². The molecule has 2 heteroatoms. The predicted octanol–water partition coefficient (Wildman–Crippen LogP) is 13.1. The average Bonchev–Trinajstić information content (AvgIpc) is 3.90. The summed E-state index contributed by atoms with van der Waals surface area (Å²) in [6.45, 7) is 4.84. The summed E-state index contributed by atoms with van der Waals surface area (Å²) < 4.78 is 2.36. The number of nitrogens with zero attached hydrogens (tertiary/aromatic N) is 2. The van der Waals surface area contributed by atoms with Gasteiger partial charge in [0, 0.05) is 51.3 Å². The van der Waals surface area contributed by atoms with Gasteiger partial charge in [-0.25, -0.2) is 0 Å². The van der Waals surface area contributed by atoms with Crippen LogP contribution in [0.2, 0.25) is 0 Å². The predicted molar refractivity (Wildman–Crippen MR) is 207 cm³/mol. The Labute approximate surface area is 291 Å². The first-order chi connectivity index (χ1) is 23.9. The summed E-state index contributed by atoms with van der Waals surface area (Å²) in [5.74, 6) is 3.32. The van der Waals surface area contributed by atoms with Gasteiger partial charge in [0.15, 0.2) is 0 Å². The van der Waals surface area contributed by atoms with Crippen LogP contribution in [0.3, 0.4) is 0 Å². The van der Waals surface area contributed by atoms with Crippen molar-refractivity contribution in [3.05, 3.63) is 125 Å². The number of benzene rings is 5. The molecule has 3 unspecified atom stereocenters. The number of hydrogen-bond acceptors (Lipinski definition) is 1. The normalized spacial score (nSPS) is 22.6. The SMILES string of the molecule is Cn1c2ccccc2c2cc3c(cc21)-c1ccc(N(c2ccc(C4CCCCC4)cc2)c2ccc(C4CC5CCC4C5)cc2)cc1C3(C)C. The smallest absolute Gasteiger partial charge is 0.0495 e. The van der Waals surface area contributed by atoms with Crippen LogP contribution in [0.25, 0.3) is 32.9 Å². The van der Waals surface area contributed by atoms with Gasteiger partial charge in [0.05, 0.1) is 0 Å². The number of fused-ring (bicyclic) bond motifs is 8. The van der Waals surface area contributed by atoms with Crippen molar-refractivity contribution in [1.82, 2.24) is 4.57 Å². The Bertz CT molecular complexity index is 2210. The quantitative estimate of drug-likeness (QED) is 0.182. The van der Waals surface area contributed by atoms with Crippen LogP contribution in [-0.4, -0.2) is 4.57 Å². The minimum Gasteiger partial charge on any atom is -0.344 e. The van der Waals surface area contributed by atoms with Crippen LogP contribution in [0.4, 0.5) is 17.1 Å². The number of rotatable bonds is 5. The first-order valence-corrected chi connectivity index (χ1v) is 19.1. The van der Waals surface area contributed by atoms with E-state index in [0.717, 1.165) is 17.8 Å². The lowest BCUT2D eigenvalue weighted by Crippen LogP contribution is -2.17. The van der Waals surface area contributed by atoms with Gasteiger partial charge >= 0.3 is 0 Å². The van der Waals surface area contributed by atoms with Crippen LogP contribution in [0.15, 0.2) is 103 Å². The summed E-state index contributed by atoms with van der Waals surface area (Å²) in [6.07, 6.45) is 12.5. The topological polar surface area (TPSA) is 8.17 Å². The number of aryl methyl sites for hydroxylation is 1. The molecule has 3 atom stereocenters. The Hall–Kier alpha value is -4.30. The molecule has 0 radical (unpaired) electrons. The van der Waals surface area contributed by atoms with Crippen molar-refractivity contribution >= 4 is 38.9 Å². The minimum atomic E-state index is -0.103. The van der Waals surface area contributed by atoms with Crippen molar-refractivity contribution in [2.45, 2.75) is 88.9 Å². The van der Waals surface area contributed by atoms with Gasteiger partial charge in [0.2, 0.25) is 0 Å². The summed E-state index contributed by atoms with van der Waals surface area (Å²) in [4.78, 5) is 2.51. The van der Waals surface area contributed by atoms with Gasteiger partial charge in [-0.3, -0.25) is 0 Å². The molecule has 0 N–H and O–H groups in total. The highest BCUT2D eigenvalue weighted by molar-refractivity contribution is 6.10.